The summed E-state index contributed by atoms with van der Waals surface area (Å²) in [6, 6.07) is 16.1. The Morgan fingerprint density at radius 3 is 2.37 bits per heavy atom. The number of para-hydroxylation sites is 1. The minimum Gasteiger partial charge on any atom is -0.494 e. The van der Waals surface area contributed by atoms with E-state index in [2.05, 4.69) is 17.1 Å². The monoisotopic (exact) mass is 255 g/mol. The molecule has 0 N–H and O–H groups in total. The molecule has 2 rings (SSSR count). The summed E-state index contributed by atoms with van der Waals surface area (Å²) in [6.45, 7) is 0.813. The molecule has 0 saturated heterocycles. The Bertz CT molecular complexity index is 398. The van der Waals surface area contributed by atoms with E-state index in [4.69, 9.17) is 4.74 Å². The van der Waals surface area contributed by atoms with Crippen LogP contribution in [0.5, 0.6) is 5.75 Å². The predicted octanol–water partition coefficient (Wildman–Crippen LogP) is 4.26. The molecule has 2 aromatic rings. The number of unbranched alkanes of at least 4 members (excludes halogenated alkanes) is 3. The van der Waals surface area contributed by atoms with Crippen LogP contribution in [0.25, 0.3) is 0 Å². The second-order valence-corrected chi connectivity index (χ2v) is 4.65. The quantitative estimate of drug-likeness (QED) is 0.657. The SMILES string of the molecule is c1ccc(OCCCCCCc2ccccn2)cc1. The number of ether oxygens (including phenoxy) is 1. The summed E-state index contributed by atoms with van der Waals surface area (Å²) >= 11 is 0. The molecule has 19 heavy (non-hydrogen) atoms. The molecule has 1 heterocycles. The van der Waals surface area contributed by atoms with Gasteiger partial charge in [0, 0.05) is 11.9 Å². The number of hydrogen-bond acceptors (Lipinski definition) is 2. The van der Waals surface area contributed by atoms with Crippen LogP contribution in [0, 0.1) is 0 Å². The third-order valence-electron chi connectivity index (χ3n) is 3.07. The number of aryl methyl sites for hydroxylation is 1. The predicted molar refractivity (Wildman–Crippen MR) is 78.3 cm³/mol. The highest BCUT2D eigenvalue weighted by molar-refractivity contribution is 5.20. The maximum Gasteiger partial charge on any atom is 0.119 e. The van der Waals surface area contributed by atoms with E-state index < -0.39 is 0 Å². The van der Waals surface area contributed by atoms with Crippen LogP contribution in [-0.4, -0.2) is 11.6 Å². The molecule has 0 atom stereocenters. The molecule has 1 aromatic heterocycles. The molecule has 0 fully saturated rings. The van der Waals surface area contributed by atoms with Gasteiger partial charge in [-0.2, -0.15) is 0 Å². The second-order valence-electron chi connectivity index (χ2n) is 4.65. The van der Waals surface area contributed by atoms with Crippen LogP contribution < -0.4 is 4.74 Å². The molecule has 0 aliphatic heterocycles. The van der Waals surface area contributed by atoms with E-state index >= 15 is 0 Å². The lowest BCUT2D eigenvalue weighted by atomic mass is 10.1. The van der Waals surface area contributed by atoms with Crippen LogP contribution in [0.3, 0.4) is 0 Å². The van der Waals surface area contributed by atoms with Crippen LogP contribution in [0.15, 0.2) is 54.7 Å². The van der Waals surface area contributed by atoms with E-state index in [0.29, 0.717) is 0 Å². The minimum atomic E-state index is 0.813. The van der Waals surface area contributed by atoms with Crippen LogP contribution in [0.2, 0.25) is 0 Å². The first-order valence-corrected chi connectivity index (χ1v) is 7.03. The van der Waals surface area contributed by atoms with Crippen LogP contribution >= 0.6 is 0 Å². The number of aromatic nitrogens is 1. The van der Waals surface area contributed by atoms with Gasteiger partial charge in [0.05, 0.1) is 6.61 Å². The van der Waals surface area contributed by atoms with Crippen molar-refractivity contribution < 1.29 is 4.74 Å². The van der Waals surface area contributed by atoms with Gasteiger partial charge in [-0.05, 0) is 43.5 Å². The molecule has 0 radical (unpaired) electrons. The Balaban J connectivity index is 1.49. The van der Waals surface area contributed by atoms with Gasteiger partial charge in [0.2, 0.25) is 0 Å². The van der Waals surface area contributed by atoms with Gasteiger partial charge in [-0.15, -0.1) is 0 Å². The third-order valence-corrected chi connectivity index (χ3v) is 3.07. The van der Waals surface area contributed by atoms with Gasteiger partial charge in [0.1, 0.15) is 5.75 Å². The Morgan fingerprint density at radius 1 is 0.789 bits per heavy atom. The highest BCUT2D eigenvalue weighted by atomic mass is 16.5. The van der Waals surface area contributed by atoms with E-state index in [-0.39, 0.29) is 0 Å². The molecular formula is C17H21NO. The normalized spacial score (nSPS) is 10.3. The van der Waals surface area contributed by atoms with Gasteiger partial charge in [-0.3, -0.25) is 4.98 Å². The Kier molecular flexibility index (Phi) is 5.94. The van der Waals surface area contributed by atoms with Crippen molar-refractivity contribution in [2.24, 2.45) is 0 Å². The molecule has 0 bridgehead atoms. The summed E-state index contributed by atoms with van der Waals surface area (Å²) in [5.41, 5.74) is 1.20. The zero-order valence-corrected chi connectivity index (χ0v) is 11.3. The van der Waals surface area contributed by atoms with Gasteiger partial charge < -0.3 is 4.74 Å². The average molecular weight is 255 g/mol. The number of benzene rings is 1. The molecule has 0 aliphatic carbocycles. The minimum absolute atomic E-state index is 0.813. The third kappa shape index (κ3) is 5.56. The maximum atomic E-state index is 5.66. The highest BCUT2D eigenvalue weighted by Crippen LogP contribution is 2.10. The fourth-order valence-electron chi connectivity index (χ4n) is 2.01. The summed E-state index contributed by atoms with van der Waals surface area (Å²) in [4.78, 5) is 4.33. The zero-order chi connectivity index (χ0) is 13.2. The van der Waals surface area contributed by atoms with Gasteiger partial charge >= 0.3 is 0 Å². The molecule has 0 saturated carbocycles. The van der Waals surface area contributed by atoms with Crippen molar-refractivity contribution in [3.05, 3.63) is 60.4 Å². The topological polar surface area (TPSA) is 22.1 Å². The highest BCUT2D eigenvalue weighted by Gasteiger charge is 1.95. The molecule has 0 unspecified atom stereocenters. The fourth-order valence-corrected chi connectivity index (χ4v) is 2.01. The van der Waals surface area contributed by atoms with E-state index in [9.17, 15) is 0 Å². The average Bonchev–Trinajstić information content (AvgIpc) is 2.48. The number of nitrogens with zero attached hydrogens (tertiary/aromatic N) is 1. The van der Waals surface area contributed by atoms with Crippen molar-refractivity contribution in [3.8, 4) is 5.75 Å². The van der Waals surface area contributed by atoms with E-state index in [1.807, 2.05) is 42.6 Å². The van der Waals surface area contributed by atoms with Crippen molar-refractivity contribution in [3.63, 3.8) is 0 Å². The summed E-state index contributed by atoms with van der Waals surface area (Å²) in [5.74, 6) is 0.969. The molecule has 1 aromatic carbocycles. The van der Waals surface area contributed by atoms with Crippen LogP contribution in [0.1, 0.15) is 31.4 Å². The van der Waals surface area contributed by atoms with Gasteiger partial charge in [0.25, 0.3) is 0 Å². The van der Waals surface area contributed by atoms with Gasteiger partial charge in [-0.25, -0.2) is 0 Å². The standard InChI is InChI=1S/C17H21NO/c1(4-10-16-11-7-8-14-18-16)2-9-15-19-17-12-5-3-6-13-17/h3,5-8,11-14H,1-2,4,9-10,15H2. The lowest BCUT2D eigenvalue weighted by molar-refractivity contribution is 0.304. The van der Waals surface area contributed by atoms with Crippen molar-refractivity contribution in [2.75, 3.05) is 6.61 Å². The zero-order valence-electron chi connectivity index (χ0n) is 11.3. The smallest absolute Gasteiger partial charge is 0.119 e. The maximum absolute atomic E-state index is 5.66. The lowest BCUT2D eigenvalue weighted by Crippen LogP contribution is -1.97. The molecule has 0 spiro atoms. The molecule has 0 amide bonds. The van der Waals surface area contributed by atoms with Gasteiger partial charge in [-0.1, -0.05) is 37.1 Å². The summed E-state index contributed by atoms with van der Waals surface area (Å²) in [6.07, 6.45) is 7.75. The molecular weight excluding hydrogens is 234 g/mol. The van der Waals surface area contributed by atoms with Crippen LogP contribution in [0.4, 0.5) is 0 Å². The molecule has 2 heteroatoms. The van der Waals surface area contributed by atoms with Gasteiger partial charge in [0.15, 0.2) is 0 Å². The van der Waals surface area contributed by atoms with Crippen molar-refractivity contribution in [1.29, 1.82) is 0 Å². The number of rotatable bonds is 8. The van der Waals surface area contributed by atoms with E-state index in [1.165, 1.54) is 25.0 Å². The van der Waals surface area contributed by atoms with Crippen molar-refractivity contribution >= 4 is 0 Å². The summed E-state index contributed by atoms with van der Waals surface area (Å²) in [5, 5.41) is 0. The second kappa shape index (κ2) is 8.30. The van der Waals surface area contributed by atoms with E-state index in [0.717, 1.165) is 25.2 Å². The summed E-state index contributed by atoms with van der Waals surface area (Å²) in [7, 11) is 0. The largest absolute Gasteiger partial charge is 0.494 e. The van der Waals surface area contributed by atoms with Crippen LogP contribution in [-0.2, 0) is 6.42 Å². The first-order chi connectivity index (χ1) is 9.45. The van der Waals surface area contributed by atoms with Crippen molar-refractivity contribution in [1.82, 2.24) is 4.98 Å². The van der Waals surface area contributed by atoms with Crippen molar-refractivity contribution in [2.45, 2.75) is 32.1 Å². The number of hydrogen-bond donors (Lipinski definition) is 0. The molecule has 0 aliphatic rings. The lowest BCUT2D eigenvalue weighted by Gasteiger charge is -2.05. The Labute approximate surface area is 115 Å². The Morgan fingerprint density at radius 2 is 1.58 bits per heavy atom. The first kappa shape index (κ1) is 13.6. The number of pyridine rings is 1. The fraction of sp³-hybridized carbons (Fsp3) is 0.353. The first-order valence-electron chi connectivity index (χ1n) is 7.03. The van der Waals surface area contributed by atoms with E-state index in [1.54, 1.807) is 0 Å². The summed E-state index contributed by atoms with van der Waals surface area (Å²) < 4.78 is 5.66. The molecule has 100 valence electrons. The Hall–Kier alpha value is -1.83. The molecule has 2 nitrogen and oxygen atoms in total.